The maximum absolute atomic E-state index is 2.25. The molecule has 3 aromatic rings. The van der Waals surface area contributed by atoms with E-state index >= 15 is 0 Å². The second-order valence-electron chi connectivity index (χ2n) is 5.43. The minimum absolute atomic E-state index is 0.300. The molecule has 1 heteroatoms. The van der Waals surface area contributed by atoms with Crippen LogP contribution in [-0.4, -0.2) is 6.71 Å². The Bertz CT molecular complexity index is 753. The molecule has 1 heterocycles. The normalized spacial score (nSPS) is 12.5. The van der Waals surface area contributed by atoms with Gasteiger partial charge in [0.15, 0.2) is 0 Å². The molecule has 0 radical (unpaired) electrons. The van der Waals surface area contributed by atoms with Crippen molar-refractivity contribution in [3.05, 3.63) is 90.0 Å². The summed E-state index contributed by atoms with van der Waals surface area (Å²) >= 11 is 0. The number of benzene rings is 3. The molecule has 0 nitrogen and oxygen atoms in total. The number of rotatable bonds is 1. The summed E-state index contributed by atoms with van der Waals surface area (Å²) in [4.78, 5) is 0. The maximum atomic E-state index is 2.25. The summed E-state index contributed by atoms with van der Waals surface area (Å²) in [5.74, 6) is 0. The van der Waals surface area contributed by atoms with Crippen LogP contribution >= 0.6 is 0 Å². The molecule has 4 rings (SSSR count). The Morgan fingerprint density at radius 2 is 0.952 bits per heavy atom. The summed E-state index contributed by atoms with van der Waals surface area (Å²) < 4.78 is 0. The number of hydrogen-bond acceptors (Lipinski definition) is 0. The first-order valence-electron chi connectivity index (χ1n) is 7.34. The highest BCUT2D eigenvalue weighted by Crippen LogP contribution is 2.12. The lowest BCUT2D eigenvalue weighted by Crippen LogP contribution is -2.53. The van der Waals surface area contributed by atoms with Crippen molar-refractivity contribution in [1.82, 2.24) is 0 Å². The molecule has 21 heavy (non-hydrogen) atoms. The zero-order valence-electron chi connectivity index (χ0n) is 11.7. The highest BCUT2D eigenvalue weighted by Gasteiger charge is 2.26. The Morgan fingerprint density at radius 3 is 1.52 bits per heavy atom. The van der Waals surface area contributed by atoms with Crippen molar-refractivity contribution in [2.24, 2.45) is 0 Å². The molecule has 0 fully saturated rings. The molecule has 3 aromatic carbocycles. The molecule has 0 aliphatic carbocycles. The van der Waals surface area contributed by atoms with Gasteiger partial charge in [0.25, 0.3) is 0 Å². The molecule has 98 valence electrons. The predicted octanol–water partition coefficient (Wildman–Crippen LogP) is 2.69. The second kappa shape index (κ2) is 5.10. The molecule has 0 saturated heterocycles. The lowest BCUT2D eigenvalue weighted by molar-refractivity contribution is 1.69. The van der Waals surface area contributed by atoms with Crippen LogP contribution in [0.15, 0.2) is 78.9 Å². The molecule has 0 amide bonds. The number of fused-ring (bicyclic) bond motifs is 2. The fraction of sp³-hybridized carbons (Fsp3) is 0. The van der Waals surface area contributed by atoms with Crippen molar-refractivity contribution in [2.75, 3.05) is 0 Å². The van der Waals surface area contributed by atoms with Gasteiger partial charge in [-0.2, -0.15) is 0 Å². The third-order valence-electron chi connectivity index (χ3n) is 4.19. The molecule has 0 bridgehead atoms. The van der Waals surface area contributed by atoms with Crippen LogP contribution in [0, 0.1) is 0 Å². The van der Waals surface area contributed by atoms with Gasteiger partial charge >= 0.3 is 0 Å². The fourth-order valence-electron chi connectivity index (χ4n) is 3.20. The van der Waals surface area contributed by atoms with Crippen molar-refractivity contribution >= 4 is 35.3 Å². The second-order valence-corrected chi connectivity index (χ2v) is 5.43. The lowest BCUT2D eigenvalue weighted by Gasteiger charge is -2.17. The Labute approximate surface area is 125 Å². The van der Waals surface area contributed by atoms with Crippen molar-refractivity contribution in [2.45, 2.75) is 0 Å². The van der Waals surface area contributed by atoms with Crippen molar-refractivity contribution in [3.63, 3.8) is 0 Å². The van der Waals surface area contributed by atoms with Crippen molar-refractivity contribution < 1.29 is 0 Å². The van der Waals surface area contributed by atoms with Gasteiger partial charge in [-0.05, 0) is 11.1 Å². The van der Waals surface area contributed by atoms with Crippen molar-refractivity contribution in [3.8, 4) is 0 Å². The SMILES string of the molecule is C1=Cc2ccccc2B(c2ccccc2)c2ccccc21. The first kappa shape index (κ1) is 12.2. The van der Waals surface area contributed by atoms with E-state index in [9.17, 15) is 0 Å². The Balaban J connectivity index is 2.02. The summed E-state index contributed by atoms with van der Waals surface area (Å²) in [7, 11) is 0. The maximum Gasteiger partial charge on any atom is 0.242 e. The molecule has 0 N–H and O–H groups in total. The highest BCUT2D eigenvalue weighted by atomic mass is 14.1. The minimum Gasteiger partial charge on any atom is -0.0686 e. The molecule has 0 atom stereocenters. The van der Waals surface area contributed by atoms with Gasteiger partial charge in [-0.25, -0.2) is 0 Å². The van der Waals surface area contributed by atoms with Gasteiger partial charge in [-0.15, -0.1) is 0 Å². The average molecular weight is 266 g/mol. The summed E-state index contributed by atoms with van der Waals surface area (Å²) in [6, 6.07) is 28.2. The van der Waals surface area contributed by atoms with E-state index in [1.807, 2.05) is 0 Å². The van der Waals surface area contributed by atoms with Gasteiger partial charge < -0.3 is 0 Å². The Hall–Kier alpha value is -2.54. The highest BCUT2D eigenvalue weighted by molar-refractivity contribution is 6.96. The quantitative estimate of drug-likeness (QED) is 0.465. The summed E-state index contributed by atoms with van der Waals surface area (Å²) in [6.45, 7) is 0.300. The van der Waals surface area contributed by atoms with Crippen LogP contribution in [0.4, 0.5) is 0 Å². The van der Waals surface area contributed by atoms with E-state index in [4.69, 9.17) is 0 Å². The Morgan fingerprint density at radius 1 is 0.476 bits per heavy atom. The van der Waals surface area contributed by atoms with E-state index in [-0.39, 0.29) is 0 Å². The first-order valence-corrected chi connectivity index (χ1v) is 7.34. The molecule has 0 unspecified atom stereocenters. The zero-order valence-corrected chi connectivity index (χ0v) is 11.7. The largest absolute Gasteiger partial charge is 0.242 e. The van der Waals surface area contributed by atoms with Gasteiger partial charge in [-0.3, -0.25) is 0 Å². The standard InChI is InChI=1S/C20H15B/c1-2-10-18(11-3-1)21-19-12-6-4-8-16(19)14-15-17-9-5-7-13-20(17)21/h1-15H. The third kappa shape index (κ3) is 2.11. The van der Waals surface area contributed by atoms with E-state index in [1.54, 1.807) is 0 Å². The van der Waals surface area contributed by atoms with Crippen LogP contribution < -0.4 is 16.4 Å². The van der Waals surface area contributed by atoms with Crippen LogP contribution in [0.1, 0.15) is 11.1 Å². The molecule has 1 aliphatic heterocycles. The van der Waals surface area contributed by atoms with E-state index in [0.29, 0.717) is 6.71 Å². The van der Waals surface area contributed by atoms with E-state index in [2.05, 4.69) is 91.0 Å². The van der Waals surface area contributed by atoms with Gasteiger partial charge in [0, 0.05) is 0 Å². The fourth-order valence-corrected chi connectivity index (χ4v) is 3.20. The van der Waals surface area contributed by atoms with Gasteiger partial charge in [0.2, 0.25) is 6.71 Å². The van der Waals surface area contributed by atoms with Crippen LogP contribution in [-0.2, 0) is 0 Å². The Kier molecular flexibility index (Phi) is 2.97. The van der Waals surface area contributed by atoms with E-state index in [1.165, 1.54) is 27.5 Å². The monoisotopic (exact) mass is 266 g/mol. The van der Waals surface area contributed by atoms with E-state index < -0.39 is 0 Å². The van der Waals surface area contributed by atoms with Gasteiger partial charge in [0.1, 0.15) is 0 Å². The molecular weight excluding hydrogens is 251 g/mol. The van der Waals surface area contributed by atoms with E-state index in [0.717, 1.165) is 0 Å². The summed E-state index contributed by atoms with van der Waals surface area (Å²) in [5, 5.41) is 0. The van der Waals surface area contributed by atoms with Crippen LogP contribution in [0.2, 0.25) is 0 Å². The molecule has 1 aliphatic rings. The van der Waals surface area contributed by atoms with Gasteiger partial charge in [0.05, 0.1) is 0 Å². The van der Waals surface area contributed by atoms with Crippen LogP contribution in [0.5, 0.6) is 0 Å². The lowest BCUT2D eigenvalue weighted by atomic mass is 9.36. The molecule has 0 aromatic heterocycles. The van der Waals surface area contributed by atoms with Crippen LogP contribution in [0.25, 0.3) is 12.2 Å². The predicted molar refractivity (Wildman–Crippen MR) is 92.9 cm³/mol. The zero-order chi connectivity index (χ0) is 14.1. The molecule has 0 saturated carbocycles. The first-order chi connectivity index (χ1) is 10.4. The summed E-state index contributed by atoms with van der Waals surface area (Å²) in [5.41, 5.74) is 6.72. The smallest absolute Gasteiger partial charge is 0.0686 e. The summed E-state index contributed by atoms with van der Waals surface area (Å²) in [6.07, 6.45) is 4.47. The molecular formula is C20H15B. The average Bonchev–Trinajstić information content (AvgIpc) is 2.72. The molecule has 0 spiro atoms. The van der Waals surface area contributed by atoms with Crippen LogP contribution in [0.3, 0.4) is 0 Å². The van der Waals surface area contributed by atoms with Crippen molar-refractivity contribution in [1.29, 1.82) is 0 Å². The number of hydrogen-bond donors (Lipinski definition) is 0. The van der Waals surface area contributed by atoms with Gasteiger partial charge in [-0.1, -0.05) is 107 Å². The minimum atomic E-state index is 0.300. The topological polar surface area (TPSA) is 0 Å². The third-order valence-corrected chi connectivity index (χ3v) is 4.19.